The predicted octanol–water partition coefficient (Wildman–Crippen LogP) is 2.45. The molecule has 4 nitrogen and oxygen atoms in total. The first kappa shape index (κ1) is 11.2. The highest BCUT2D eigenvalue weighted by Crippen LogP contribution is 2.34. The van der Waals surface area contributed by atoms with E-state index in [0.29, 0.717) is 5.52 Å². The zero-order chi connectivity index (χ0) is 12.2. The quantitative estimate of drug-likeness (QED) is 0.855. The summed E-state index contributed by atoms with van der Waals surface area (Å²) in [5.41, 5.74) is 1.42. The fraction of sp³-hybridized carbons (Fsp3) is 0.364. The second kappa shape index (κ2) is 3.55. The van der Waals surface area contributed by atoms with Crippen LogP contribution in [0.25, 0.3) is 10.9 Å². The molecule has 0 aliphatic heterocycles. The third kappa shape index (κ3) is 1.62. The van der Waals surface area contributed by atoms with Gasteiger partial charge in [0, 0.05) is 22.3 Å². The summed E-state index contributed by atoms with van der Waals surface area (Å²) in [5, 5.41) is 0.679. The highest BCUT2D eigenvalue weighted by atomic mass is 79.9. The van der Waals surface area contributed by atoms with Crippen LogP contribution in [0.2, 0.25) is 0 Å². The number of fused-ring (bicyclic) bond motifs is 1. The van der Waals surface area contributed by atoms with Gasteiger partial charge in [0.1, 0.15) is 0 Å². The summed E-state index contributed by atoms with van der Waals surface area (Å²) in [6.07, 6.45) is 4.86. The largest absolute Gasteiger partial charge is 0.258 e. The van der Waals surface area contributed by atoms with Gasteiger partial charge in [0.25, 0.3) is 0 Å². The lowest BCUT2D eigenvalue weighted by Gasteiger charge is -2.07. The maximum atomic E-state index is 12.3. The average molecular weight is 315 g/mol. The van der Waals surface area contributed by atoms with Crippen molar-refractivity contribution in [2.45, 2.75) is 25.0 Å². The molecule has 3 rings (SSSR count). The lowest BCUT2D eigenvalue weighted by molar-refractivity contribution is 0.587. The number of halogens is 1. The van der Waals surface area contributed by atoms with Crippen molar-refractivity contribution in [3.63, 3.8) is 0 Å². The Morgan fingerprint density at radius 3 is 2.82 bits per heavy atom. The van der Waals surface area contributed by atoms with Crippen molar-refractivity contribution in [3.8, 4) is 0 Å². The van der Waals surface area contributed by atoms with Gasteiger partial charge in [-0.3, -0.25) is 4.98 Å². The van der Waals surface area contributed by atoms with Gasteiger partial charge in [-0.05, 0) is 41.8 Å². The van der Waals surface area contributed by atoms with Crippen molar-refractivity contribution in [1.29, 1.82) is 0 Å². The molecule has 1 fully saturated rings. The Morgan fingerprint density at radius 1 is 1.47 bits per heavy atom. The van der Waals surface area contributed by atoms with E-state index in [1.54, 1.807) is 12.4 Å². The van der Waals surface area contributed by atoms with Crippen LogP contribution < -0.4 is 0 Å². The number of hydrogen-bond donors (Lipinski definition) is 0. The molecule has 0 amide bonds. The summed E-state index contributed by atoms with van der Waals surface area (Å²) in [4.78, 5) is 4.20. The van der Waals surface area contributed by atoms with Gasteiger partial charge in [-0.25, -0.2) is 12.4 Å². The number of aryl methyl sites for hydroxylation is 1. The molecule has 0 bridgehead atoms. The molecule has 2 aromatic rings. The third-order valence-electron chi connectivity index (χ3n) is 3.04. The lowest BCUT2D eigenvalue weighted by Crippen LogP contribution is -2.16. The number of rotatable bonds is 2. The summed E-state index contributed by atoms with van der Waals surface area (Å²) in [5.74, 6) is 0. The molecular weight excluding hydrogens is 304 g/mol. The van der Waals surface area contributed by atoms with E-state index in [-0.39, 0.29) is 5.25 Å². The summed E-state index contributed by atoms with van der Waals surface area (Å²) >= 11 is 3.39. The van der Waals surface area contributed by atoms with Crippen LogP contribution in [0, 0.1) is 6.92 Å². The Kier molecular flexibility index (Phi) is 2.35. The van der Waals surface area contributed by atoms with Crippen LogP contribution in [-0.2, 0) is 10.0 Å². The van der Waals surface area contributed by atoms with E-state index in [2.05, 4.69) is 20.9 Å². The molecule has 17 heavy (non-hydrogen) atoms. The Hall–Kier alpha value is -0.880. The predicted molar refractivity (Wildman–Crippen MR) is 69.5 cm³/mol. The molecule has 0 unspecified atom stereocenters. The van der Waals surface area contributed by atoms with Crippen molar-refractivity contribution in [1.82, 2.24) is 8.96 Å². The SMILES string of the molecule is Cc1ncc(Br)c2ccn(S(=O)(=O)C3CC3)c12. The van der Waals surface area contributed by atoms with E-state index >= 15 is 0 Å². The molecule has 0 atom stereocenters. The zero-order valence-corrected chi connectivity index (χ0v) is 11.6. The first-order valence-corrected chi connectivity index (χ1v) is 7.68. The van der Waals surface area contributed by atoms with Crippen molar-refractivity contribution in [3.05, 3.63) is 28.6 Å². The van der Waals surface area contributed by atoms with Gasteiger partial charge in [-0.2, -0.15) is 0 Å². The van der Waals surface area contributed by atoms with Crippen LogP contribution >= 0.6 is 15.9 Å². The maximum Gasteiger partial charge on any atom is 0.241 e. The molecule has 1 saturated carbocycles. The van der Waals surface area contributed by atoms with Gasteiger partial charge in [-0.15, -0.1) is 0 Å². The van der Waals surface area contributed by atoms with Crippen LogP contribution in [0.3, 0.4) is 0 Å². The molecule has 2 heterocycles. The fourth-order valence-electron chi connectivity index (χ4n) is 1.98. The molecule has 6 heteroatoms. The fourth-order valence-corrected chi connectivity index (χ4v) is 4.18. The average Bonchev–Trinajstić information content (AvgIpc) is 3.03. The van der Waals surface area contributed by atoms with E-state index in [1.165, 1.54) is 3.97 Å². The van der Waals surface area contributed by atoms with Crippen LogP contribution in [-0.4, -0.2) is 22.6 Å². The second-order valence-electron chi connectivity index (χ2n) is 4.31. The Bertz CT molecular complexity index is 702. The molecule has 0 spiro atoms. The minimum absolute atomic E-state index is 0.212. The highest BCUT2D eigenvalue weighted by molar-refractivity contribution is 9.10. The number of pyridine rings is 1. The third-order valence-corrected chi connectivity index (χ3v) is 5.84. The second-order valence-corrected chi connectivity index (χ2v) is 7.25. The molecule has 1 aliphatic carbocycles. The van der Waals surface area contributed by atoms with Crippen molar-refractivity contribution in [2.24, 2.45) is 0 Å². The smallest absolute Gasteiger partial charge is 0.241 e. The Balaban J connectivity index is 2.35. The van der Waals surface area contributed by atoms with E-state index in [1.807, 2.05) is 13.0 Å². The van der Waals surface area contributed by atoms with Crippen LogP contribution in [0.5, 0.6) is 0 Å². The van der Waals surface area contributed by atoms with Crippen LogP contribution in [0.4, 0.5) is 0 Å². The van der Waals surface area contributed by atoms with Gasteiger partial charge in [0.15, 0.2) is 0 Å². The van der Waals surface area contributed by atoms with Gasteiger partial charge < -0.3 is 0 Å². The minimum atomic E-state index is -3.23. The monoisotopic (exact) mass is 314 g/mol. The Labute approximate surface area is 108 Å². The van der Waals surface area contributed by atoms with E-state index < -0.39 is 10.0 Å². The molecule has 0 saturated heterocycles. The van der Waals surface area contributed by atoms with Gasteiger partial charge in [0.05, 0.1) is 16.5 Å². The minimum Gasteiger partial charge on any atom is -0.258 e. The van der Waals surface area contributed by atoms with E-state index in [9.17, 15) is 8.42 Å². The van der Waals surface area contributed by atoms with Gasteiger partial charge in [0.2, 0.25) is 10.0 Å². The Morgan fingerprint density at radius 2 is 2.18 bits per heavy atom. The standard InChI is InChI=1S/C11H11BrN2O2S/c1-7-11-9(10(12)6-13-7)4-5-14(11)17(15,16)8-2-3-8/h4-6,8H,2-3H2,1H3. The molecule has 0 aromatic carbocycles. The maximum absolute atomic E-state index is 12.3. The topological polar surface area (TPSA) is 52.0 Å². The van der Waals surface area contributed by atoms with Crippen molar-refractivity contribution >= 4 is 36.9 Å². The van der Waals surface area contributed by atoms with Crippen LogP contribution in [0.15, 0.2) is 22.9 Å². The summed E-state index contributed by atoms with van der Waals surface area (Å²) < 4.78 is 26.7. The molecule has 2 aromatic heterocycles. The van der Waals surface area contributed by atoms with E-state index in [4.69, 9.17) is 0 Å². The highest BCUT2D eigenvalue weighted by Gasteiger charge is 2.37. The number of nitrogens with zero attached hydrogens (tertiary/aromatic N) is 2. The van der Waals surface area contributed by atoms with Crippen molar-refractivity contribution < 1.29 is 8.42 Å². The first-order valence-electron chi connectivity index (χ1n) is 5.38. The van der Waals surface area contributed by atoms with Crippen molar-refractivity contribution in [2.75, 3.05) is 0 Å². The van der Waals surface area contributed by atoms with Gasteiger partial charge >= 0.3 is 0 Å². The summed E-state index contributed by atoms with van der Waals surface area (Å²) in [6.45, 7) is 1.83. The normalized spacial score (nSPS) is 16.6. The molecule has 90 valence electrons. The van der Waals surface area contributed by atoms with Crippen LogP contribution in [0.1, 0.15) is 18.5 Å². The summed E-state index contributed by atoms with van der Waals surface area (Å²) in [6, 6.07) is 1.81. The molecule has 0 radical (unpaired) electrons. The van der Waals surface area contributed by atoms with Gasteiger partial charge in [-0.1, -0.05) is 0 Å². The molecule has 1 aliphatic rings. The number of aromatic nitrogens is 2. The first-order chi connectivity index (χ1) is 8.01. The lowest BCUT2D eigenvalue weighted by atomic mass is 10.3. The summed E-state index contributed by atoms with van der Waals surface area (Å²) in [7, 11) is -3.23. The number of hydrogen-bond acceptors (Lipinski definition) is 3. The molecule has 0 N–H and O–H groups in total. The van der Waals surface area contributed by atoms with E-state index in [0.717, 1.165) is 28.4 Å². The zero-order valence-electron chi connectivity index (χ0n) is 9.22. The molecular formula is C11H11BrN2O2S.